The highest BCUT2D eigenvalue weighted by atomic mass is 16.7. The van der Waals surface area contributed by atoms with Crippen molar-refractivity contribution >= 4 is 51.5 Å². The van der Waals surface area contributed by atoms with Crippen LogP contribution in [-0.4, -0.2) is 95.9 Å². The predicted octanol–water partition coefficient (Wildman–Crippen LogP) is 0.654. The summed E-state index contributed by atoms with van der Waals surface area (Å²) in [6.45, 7) is 3.50. The molecule has 0 fully saturated rings. The maximum atomic E-state index is 12.7. The second kappa shape index (κ2) is 15.2. The molecule has 0 aliphatic heterocycles. The summed E-state index contributed by atoms with van der Waals surface area (Å²) in [6.07, 6.45) is 0. The molecule has 0 spiro atoms. The molecule has 0 saturated carbocycles. The largest absolute Gasteiger partial charge is 0.426 e. The summed E-state index contributed by atoms with van der Waals surface area (Å²) in [4.78, 5) is 56.4. The van der Waals surface area contributed by atoms with Crippen molar-refractivity contribution in [3.63, 3.8) is 0 Å². The molecule has 15 heteroatoms. The second-order valence-corrected chi connectivity index (χ2v) is 9.60. The Balaban J connectivity index is 1.62. The number of pyridine rings is 1. The zero-order valence-corrected chi connectivity index (χ0v) is 23.9. The molecule has 0 bridgehead atoms. The Kier molecular flexibility index (Phi) is 11.7. The summed E-state index contributed by atoms with van der Waals surface area (Å²) in [5.74, 6) is -1.99. The third-order valence-corrected chi connectivity index (χ3v) is 5.53. The molecule has 3 aromatic rings. The first-order chi connectivity index (χ1) is 20.0. The first-order valence-electron chi connectivity index (χ1n) is 13.1. The van der Waals surface area contributed by atoms with Crippen LogP contribution in [0.1, 0.15) is 26.6 Å². The lowest BCUT2D eigenvalue weighted by Crippen LogP contribution is -2.27. The number of nitrogens with zero attached hydrogens (tertiary/aromatic N) is 3. The maximum Gasteiger partial charge on any atom is 0.334 e. The van der Waals surface area contributed by atoms with Crippen molar-refractivity contribution in [1.82, 2.24) is 19.9 Å². The van der Waals surface area contributed by atoms with E-state index in [0.717, 1.165) is 5.39 Å². The third-order valence-electron chi connectivity index (χ3n) is 5.53. The number of aliphatic hydroxyl groups is 1. The van der Waals surface area contributed by atoms with Gasteiger partial charge in [-0.25, -0.2) is 19.6 Å². The Morgan fingerprint density at radius 3 is 2.19 bits per heavy atom. The highest BCUT2D eigenvalue weighted by Crippen LogP contribution is 2.31. The molecular formula is C27H35N5O10. The van der Waals surface area contributed by atoms with Gasteiger partial charge in [0.1, 0.15) is 44.4 Å². The number of rotatable bonds is 16. The normalized spacial score (nSPS) is 11.5. The van der Waals surface area contributed by atoms with E-state index in [1.807, 2.05) is 29.7 Å². The molecule has 2 aromatic heterocycles. The molecule has 0 aliphatic carbocycles. The smallest absolute Gasteiger partial charge is 0.334 e. The molecule has 1 aromatic carbocycles. The van der Waals surface area contributed by atoms with E-state index in [9.17, 15) is 24.3 Å². The van der Waals surface area contributed by atoms with Crippen LogP contribution in [0.15, 0.2) is 24.3 Å². The second-order valence-electron chi connectivity index (χ2n) is 9.60. The van der Waals surface area contributed by atoms with E-state index in [-0.39, 0.29) is 25.6 Å². The molecule has 2 heterocycles. The van der Waals surface area contributed by atoms with Crippen LogP contribution < -0.4 is 10.6 Å². The molecule has 3 N–H and O–H groups in total. The van der Waals surface area contributed by atoms with Gasteiger partial charge in [0.2, 0.25) is 12.7 Å². The number of hydrogen-bond acceptors (Lipinski definition) is 12. The molecule has 42 heavy (non-hydrogen) atoms. The summed E-state index contributed by atoms with van der Waals surface area (Å²) < 4.78 is 26.8. The number of aromatic nitrogens is 3. The molecular weight excluding hydrogens is 554 g/mol. The van der Waals surface area contributed by atoms with Crippen LogP contribution >= 0.6 is 0 Å². The minimum Gasteiger partial charge on any atom is -0.426 e. The van der Waals surface area contributed by atoms with Crippen LogP contribution in [0.4, 0.5) is 5.82 Å². The van der Waals surface area contributed by atoms with E-state index in [1.165, 1.54) is 7.05 Å². The molecule has 0 saturated heterocycles. The average Bonchev–Trinajstić information content (AvgIpc) is 3.28. The van der Waals surface area contributed by atoms with Crippen molar-refractivity contribution in [2.45, 2.75) is 39.5 Å². The number of likely N-dealkylation sites (N-methyl/N-ethyl adjacent to an activating group) is 1. The van der Waals surface area contributed by atoms with E-state index in [0.29, 0.717) is 29.0 Å². The lowest BCUT2D eigenvalue weighted by atomic mass is 10.1. The SMILES string of the molecule is CCOCc1nc2c(NC(=O)COCC(=O)OCOC(=O)COCC(=O)NC)nc3ccccc3c2n1CC(C)(C)O. The van der Waals surface area contributed by atoms with Gasteiger partial charge in [-0.2, -0.15) is 0 Å². The van der Waals surface area contributed by atoms with Gasteiger partial charge < -0.3 is 44.0 Å². The highest BCUT2D eigenvalue weighted by molar-refractivity contribution is 6.09. The number of carbonyl (C=O) groups excluding carboxylic acids is 4. The van der Waals surface area contributed by atoms with Crippen molar-refractivity contribution in [2.75, 3.05) is 52.2 Å². The van der Waals surface area contributed by atoms with E-state index < -0.39 is 56.0 Å². The van der Waals surface area contributed by atoms with Crippen LogP contribution in [0, 0.1) is 0 Å². The van der Waals surface area contributed by atoms with Crippen molar-refractivity contribution in [1.29, 1.82) is 0 Å². The fourth-order valence-corrected chi connectivity index (χ4v) is 3.77. The summed E-state index contributed by atoms with van der Waals surface area (Å²) >= 11 is 0. The van der Waals surface area contributed by atoms with Gasteiger partial charge in [0.05, 0.1) is 23.2 Å². The maximum absolute atomic E-state index is 12.7. The lowest BCUT2D eigenvalue weighted by Gasteiger charge is -2.20. The minimum absolute atomic E-state index is 0.178. The number of anilines is 1. The molecule has 0 unspecified atom stereocenters. The summed E-state index contributed by atoms with van der Waals surface area (Å²) in [5.41, 5.74) is 0.606. The Hall–Kier alpha value is -4.18. The van der Waals surface area contributed by atoms with Crippen molar-refractivity contribution in [3.8, 4) is 0 Å². The number of amides is 2. The van der Waals surface area contributed by atoms with Crippen LogP contribution in [0.2, 0.25) is 0 Å². The monoisotopic (exact) mass is 589 g/mol. The van der Waals surface area contributed by atoms with E-state index in [2.05, 4.69) is 25.3 Å². The molecule has 0 aliphatic rings. The summed E-state index contributed by atoms with van der Waals surface area (Å²) in [7, 11) is 1.42. The van der Waals surface area contributed by atoms with Gasteiger partial charge in [0.25, 0.3) is 5.91 Å². The van der Waals surface area contributed by atoms with Crippen molar-refractivity contribution in [3.05, 3.63) is 30.1 Å². The number of esters is 2. The molecule has 0 atom stereocenters. The standard InChI is InChI=1S/C27H35N5O10/c1-5-38-10-19-30-24-25(32(19)15-27(2,3)37)17-8-6-7-9-18(17)29-26(24)31-21(34)12-40-14-23(36)42-16-41-22(35)13-39-11-20(33)28-4/h6-9,37H,5,10-16H2,1-4H3,(H,28,33)(H,29,31,34). The first kappa shape index (κ1) is 32.3. The third kappa shape index (κ3) is 9.44. The fourth-order valence-electron chi connectivity index (χ4n) is 3.77. The van der Waals surface area contributed by atoms with E-state index in [4.69, 9.17) is 18.9 Å². The van der Waals surface area contributed by atoms with E-state index in [1.54, 1.807) is 19.9 Å². The molecule has 0 radical (unpaired) electrons. The zero-order valence-electron chi connectivity index (χ0n) is 23.9. The van der Waals surface area contributed by atoms with Crippen LogP contribution in [0.5, 0.6) is 0 Å². The lowest BCUT2D eigenvalue weighted by molar-refractivity contribution is -0.172. The van der Waals surface area contributed by atoms with Gasteiger partial charge in [0.15, 0.2) is 5.82 Å². The summed E-state index contributed by atoms with van der Waals surface area (Å²) in [5, 5.41) is 16.4. The Morgan fingerprint density at radius 2 is 1.57 bits per heavy atom. The number of hydrogen-bond donors (Lipinski definition) is 3. The zero-order chi connectivity index (χ0) is 30.7. The predicted molar refractivity (Wildman–Crippen MR) is 148 cm³/mol. The number of para-hydroxylation sites is 1. The highest BCUT2D eigenvalue weighted by Gasteiger charge is 2.24. The minimum atomic E-state index is -1.07. The number of imidazole rings is 1. The van der Waals surface area contributed by atoms with Crippen LogP contribution in [0.3, 0.4) is 0 Å². The van der Waals surface area contributed by atoms with Gasteiger partial charge in [-0.1, -0.05) is 18.2 Å². The Bertz CT molecular complexity index is 1420. The van der Waals surface area contributed by atoms with Gasteiger partial charge in [-0.3, -0.25) is 9.59 Å². The van der Waals surface area contributed by atoms with Gasteiger partial charge >= 0.3 is 11.9 Å². The molecule has 3 rings (SSSR count). The Labute approximate surface area is 241 Å². The number of carbonyl (C=O) groups is 4. The number of nitrogens with one attached hydrogen (secondary N) is 2. The summed E-state index contributed by atoms with van der Waals surface area (Å²) in [6, 6.07) is 7.35. The molecule has 228 valence electrons. The van der Waals surface area contributed by atoms with Gasteiger partial charge in [0, 0.05) is 19.0 Å². The average molecular weight is 590 g/mol. The number of ether oxygens (including phenoxy) is 5. The van der Waals surface area contributed by atoms with E-state index >= 15 is 0 Å². The quantitative estimate of drug-likeness (QED) is 0.157. The van der Waals surface area contributed by atoms with Gasteiger partial charge in [-0.15, -0.1) is 0 Å². The molecule has 15 nitrogen and oxygen atoms in total. The molecule has 2 amide bonds. The van der Waals surface area contributed by atoms with Crippen molar-refractivity contribution < 1.29 is 48.0 Å². The fraction of sp³-hybridized carbons (Fsp3) is 0.481. The van der Waals surface area contributed by atoms with Gasteiger partial charge in [-0.05, 0) is 26.8 Å². The topological polar surface area (TPSA) is 189 Å². The first-order valence-corrected chi connectivity index (χ1v) is 13.1. The van der Waals surface area contributed by atoms with Crippen LogP contribution in [0.25, 0.3) is 21.9 Å². The number of benzene rings is 1. The number of fused-ring (bicyclic) bond motifs is 3. The van der Waals surface area contributed by atoms with Crippen molar-refractivity contribution in [2.24, 2.45) is 0 Å². The Morgan fingerprint density at radius 1 is 0.929 bits per heavy atom. The van der Waals surface area contributed by atoms with Crippen LogP contribution in [-0.2, 0) is 56.0 Å².